The van der Waals surface area contributed by atoms with Crippen molar-refractivity contribution >= 4 is 45.6 Å². The molecule has 3 aromatic carbocycles. The molecule has 1 heterocycles. The maximum Gasteiger partial charge on any atom is 0.163 e. The van der Waals surface area contributed by atoms with E-state index in [-0.39, 0.29) is 5.02 Å². The molecule has 0 spiro atoms. The molecule has 0 bridgehead atoms. The second-order valence-corrected chi connectivity index (χ2v) is 8.45. The molecule has 0 fully saturated rings. The third-order valence-corrected chi connectivity index (χ3v) is 5.71. The Kier molecular flexibility index (Phi) is 8.39. The SMILES string of the molecule is Fc1ccc(Nc2ncnc3cc(OCCCCCCl)c(OCc4ccccc4)cc23)cc1Cl. The molecule has 8 heteroatoms. The Hall–Kier alpha value is -3.09. The molecule has 4 rings (SSSR count). The zero-order chi connectivity index (χ0) is 23.8. The number of aromatic nitrogens is 2. The number of alkyl halides is 1. The quantitative estimate of drug-likeness (QED) is 0.170. The first kappa shape index (κ1) is 24.0. The topological polar surface area (TPSA) is 56.3 Å². The van der Waals surface area contributed by atoms with E-state index in [1.54, 1.807) is 6.07 Å². The zero-order valence-corrected chi connectivity index (χ0v) is 20.0. The van der Waals surface area contributed by atoms with Gasteiger partial charge < -0.3 is 14.8 Å². The molecule has 1 N–H and O–H groups in total. The lowest BCUT2D eigenvalue weighted by Crippen LogP contribution is -2.03. The fourth-order valence-electron chi connectivity index (χ4n) is 3.39. The summed E-state index contributed by atoms with van der Waals surface area (Å²) in [6.45, 7) is 0.938. The number of hydrogen-bond donors (Lipinski definition) is 1. The summed E-state index contributed by atoms with van der Waals surface area (Å²) in [5.41, 5.74) is 2.34. The molecule has 0 radical (unpaired) electrons. The van der Waals surface area contributed by atoms with Crippen molar-refractivity contribution < 1.29 is 13.9 Å². The monoisotopic (exact) mass is 499 g/mol. The van der Waals surface area contributed by atoms with E-state index < -0.39 is 5.82 Å². The van der Waals surface area contributed by atoms with Crippen molar-refractivity contribution in [3.63, 3.8) is 0 Å². The van der Waals surface area contributed by atoms with Crippen LogP contribution in [-0.4, -0.2) is 22.5 Å². The van der Waals surface area contributed by atoms with Gasteiger partial charge in [0.1, 0.15) is 24.6 Å². The van der Waals surface area contributed by atoms with Crippen LogP contribution >= 0.6 is 23.2 Å². The van der Waals surface area contributed by atoms with Crippen LogP contribution in [0.1, 0.15) is 24.8 Å². The lowest BCUT2D eigenvalue weighted by molar-refractivity contribution is 0.258. The first-order valence-electron chi connectivity index (χ1n) is 11.0. The zero-order valence-electron chi connectivity index (χ0n) is 18.4. The molecule has 0 atom stereocenters. The van der Waals surface area contributed by atoms with E-state index in [0.717, 1.165) is 30.2 Å². The molecule has 1 aromatic heterocycles. The number of benzene rings is 3. The summed E-state index contributed by atoms with van der Waals surface area (Å²) in [6, 6.07) is 18.0. The van der Waals surface area contributed by atoms with E-state index in [9.17, 15) is 4.39 Å². The molecule has 34 heavy (non-hydrogen) atoms. The van der Waals surface area contributed by atoms with Gasteiger partial charge in [0.05, 0.1) is 17.1 Å². The Bertz CT molecular complexity index is 1240. The number of ether oxygens (including phenoxy) is 2. The van der Waals surface area contributed by atoms with Crippen molar-refractivity contribution in [2.24, 2.45) is 0 Å². The maximum absolute atomic E-state index is 13.6. The Morgan fingerprint density at radius 2 is 1.71 bits per heavy atom. The minimum absolute atomic E-state index is 0.0279. The van der Waals surface area contributed by atoms with E-state index in [1.807, 2.05) is 42.5 Å². The maximum atomic E-state index is 13.6. The normalized spacial score (nSPS) is 10.9. The molecule has 176 valence electrons. The number of hydrogen-bond acceptors (Lipinski definition) is 5. The molecule has 0 aliphatic rings. The summed E-state index contributed by atoms with van der Waals surface area (Å²) in [5, 5.41) is 3.96. The number of anilines is 2. The minimum atomic E-state index is -0.482. The Morgan fingerprint density at radius 3 is 2.50 bits per heavy atom. The molecule has 0 amide bonds. The van der Waals surface area contributed by atoms with Crippen LogP contribution in [0.4, 0.5) is 15.9 Å². The van der Waals surface area contributed by atoms with Gasteiger partial charge in [-0.05, 0) is 49.1 Å². The van der Waals surface area contributed by atoms with Gasteiger partial charge in [-0.3, -0.25) is 0 Å². The van der Waals surface area contributed by atoms with Crippen molar-refractivity contribution in [1.29, 1.82) is 0 Å². The van der Waals surface area contributed by atoms with E-state index in [4.69, 9.17) is 32.7 Å². The molecule has 0 aliphatic heterocycles. The summed E-state index contributed by atoms with van der Waals surface area (Å²) < 4.78 is 25.8. The molecule has 4 aromatic rings. The second-order valence-electron chi connectivity index (χ2n) is 7.66. The number of nitrogens with one attached hydrogen (secondary N) is 1. The highest BCUT2D eigenvalue weighted by molar-refractivity contribution is 6.31. The molecule has 5 nitrogen and oxygen atoms in total. The first-order valence-corrected chi connectivity index (χ1v) is 11.9. The van der Waals surface area contributed by atoms with Gasteiger partial charge in [-0.1, -0.05) is 41.9 Å². The molecular formula is C26H24Cl2FN3O2. The van der Waals surface area contributed by atoms with E-state index in [0.29, 0.717) is 47.6 Å². The third kappa shape index (κ3) is 6.27. The van der Waals surface area contributed by atoms with Crippen LogP contribution in [0, 0.1) is 5.82 Å². The van der Waals surface area contributed by atoms with Crippen LogP contribution in [0.3, 0.4) is 0 Å². The van der Waals surface area contributed by atoms with E-state index in [2.05, 4.69) is 15.3 Å². The Labute approximate surface area is 207 Å². The number of rotatable bonds is 11. The fourth-order valence-corrected chi connectivity index (χ4v) is 3.76. The van der Waals surface area contributed by atoms with Gasteiger partial charge in [0.15, 0.2) is 11.5 Å². The van der Waals surface area contributed by atoms with Crippen LogP contribution in [0.15, 0.2) is 67.0 Å². The number of unbranched alkanes of at least 4 members (excludes halogenated alkanes) is 2. The minimum Gasteiger partial charge on any atom is -0.490 e. The lowest BCUT2D eigenvalue weighted by atomic mass is 10.2. The van der Waals surface area contributed by atoms with Gasteiger partial charge >= 0.3 is 0 Å². The summed E-state index contributed by atoms with van der Waals surface area (Å²) in [5.74, 6) is 1.91. The fraction of sp³-hybridized carbons (Fsp3) is 0.231. The molecule has 0 unspecified atom stereocenters. The van der Waals surface area contributed by atoms with Crippen molar-refractivity contribution in [2.45, 2.75) is 25.9 Å². The highest BCUT2D eigenvalue weighted by Crippen LogP contribution is 2.36. The number of halogens is 3. The number of nitrogens with zero attached hydrogens (tertiary/aromatic N) is 2. The predicted molar refractivity (Wildman–Crippen MR) is 135 cm³/mol. The average molecular weight is 500 g/mol. The molecule has 0 aliphatic carbocycles. The highest BCUT2D eigenvalue weighted by Gasteiger charge is 2.13. The highest BCUT2D eigenvalue weighted by atomic mass is 35.5. The van der Waals surface area contributed by atoms with Crippen LogP contribution < -0.4 is 14.8 Å². The smallest absolute Gasteiger partial charge is 0.163 e. The molecule has 0 saturated heterocycles. The average Bonchev–Trinajstić information content (AvgIpc) is 2.85. The van der Waals surface area contributed by atoms with Gasteiger partial charge in [0.25, 0.3) is 0 Å². The van der Waals surface area contributed by atoms with E-state index in [1.165, 1.54) is 18.5 Å². The van der Waals surface area contributed by atoms with Crippen molar-refractivity contribution in [2.75, 3.05) is 17.8 Å². The standard InChI is InChI=1S/C26H24Cl2FN3O2/c27-11-5-2-6-12-33-25-15-23-20(14-24(25)34-16-18-7-3-1-4-8-18)26(31-17-30-23)32-19-9-10-22(29)21(28)13-19/h1,3-4,7-10,13-15,17H,2,5-6,11-12,16H2,(H,30,31,32). The first-order chi connectivity index (χ1) is 16.6. The second kappa shape index (κ2) is 11.9. The van der Waals surface area contributed by atoms with Crippen LogP contribution in [0.25, 0.3) is 10.9 Å². The number of fused-ring (bicyclic) bond motifs is 1. The van der Waals surface area contributed by atoms with Gasteiger partial charge in [0.2, 0.25) is 0 Å². The van der Waals surface area contributed by atoms with Crippen LogP contribution in [0.2, 0.25) is 5.02 Å². The van der Waals surface area contributed by atoms with Crippen molar-refractivity contribution in [3.05, 3.63) is 83.4 Å². The third-order valence-electron chi connectivity index (χ3n) is 5.16. The summed E-state index contributed by atoms with van der Waals surface area (Å²) in [6.07, 6.45) is 4.30. The molecule has 0 saturated carbocycles. The lowest BCUT2D eigenvalue weighted by Gasteiger charge is -2.15. The van der Waals surface area contributed by atoms with Crippen molar-refractivity contribution in [1.82, 2.24) is 9.97 Å². The van der Waals surface area contributed by atoms with Gasteiger partial charge in [-0.15, -0.1) is 11.6 Å². The van der Waals surface area contributed by atoms with Gasteiger partial charge in [-0.2, -0.15) is 0 Å². The van der Waals surface area contributed by atoms with Gasteiger partial charge in [0, 0.05) is 23.0 Å². The Morgan fingerprint density at radius 1 is 0.882 bits per heavy atom. The largest absolute Gasteiger partial charge is 0.490 e. The predicted octanol–water partition coefficient (Wildman–Crippen LogP) is 7.53. The van der Waals surface area contributed by atoms with Crippen LogP contribution in [-0.2, 0) is 6.61 Å². The van der Waals surface area contributed by atoms with Crippen LogP contribution in [0.5, 0.6) is 11.5 Å². The summed E-state index contributed by atoms with van der Waals surface area (Å²) >= 11 is 11.7. The van der Waals surface area contributed by atoms with E-state index >= 15 is 0 Å². The van der Waals surface area contributed by atoms with Crippen molar-refractivity contribution in [3.8, 4) is 11.5 Å². The summed E-state index contributed by atoms with van der Waals surface area (Å²) in [4.78, 5) is 8.77. The van der Waals surface area contributed by atoms with Gasteiger partial charge in [-0.25, -0.2) is 14.4 Å². The Balaban J connectivity index is 1.63. The molecular weight excluding hydrogens is 476 g/mol. The summed E-state index contributed by atoms with van der Waals surface area (Å²) in [7, 11) is 0.